The van der Waals surface area contributed by atoms with Crippen LogP contribution in [0.5, 0.6) is 0 Å². The molecule has 2 unspecified atom stereocenters. The highest BCUT2D eigenvalue weighted by atomic mass is 19.4. The number of anilines is 1. The first-order chi connectivity index (χ1) is 18.9. The van der Waals surface area contributed by atoms with Gasteiger partial charge in [-0.1, -0.05) is 12.1 Å². The number of hydrogen-bond acceptors (Lipinski definition) is 7. The average molecular weight is 571 g/mol. The highest BCUT2D eigenvalue weighted by Crippen LogP contribution is 2.33. The van der Waals surface area contributed by atoms with Crippen LogP contribution < -0.4 is 21.5 Å². The number of rotatable bonds is 7. The maximum Gasteiger partial charge on any atom is 0.490 e. The fourth-order valence-corrected chi connectivity index (χ4v) is 5.10. The molecule has 4 heterocycles. The van der Waals surface area contributed by atoms with Crippen LogP contribution in [0.15, 0.2) is 33.9 Å². The number of alkyl halides is 3. The Morgan fingerprint density at radius 1 is 1.18 bits per heavy atom. The number of carboxylic acids is 1. The van der Waals surface area contributed by atoms with Gasteiger partial charge in [0.15, 0.2) is 11.2 Å². The van der Waals surface area contributed by atoms with E-state index >= 15 is 0 Å². The number of hydrogen-bond donors (Lipinski definition) is 2. The van der Waals surface area contributed by atoms with Crippen molar-refractivity contribution in [1.29, 1.82) is 0 Å². The van der Waals surface area contributed by atoms with Crippen LogP contribution in [0.2, 0.25) is 0 Å². The Bertz CT molecular complexity index is 1480. The number of halogens is 4. The largest absolute Gasteiger partial charge is 0.490 e. The normalized spacial score (nSPS) is 18.6. The zero-order chi connectivity index (χ0) is 29.2. The molecule has 11 nitrogen and oxygen atoms in total. The maximum absolute atomic E-state index is 13.6. The van der Waals surface area contributed by atoms with Crippen molar-refractivity contribution in [2.24, 2.45) is 13.0 Å². The van der Waals surface area contributed by atoms with Crippen LogP contribution in [-0.4, -0.2) is 74.8 Å². The number of nitrogens with one attached hydrogen (secondary N) is 1. The van der Waals surface area contributed by atoms with E-state index in [1.807, 2.05) is 11.5 Å². The van der Waals surface area contributed by atoms with E-state index in [-0.39, 0.29) is 24.5 Å². The van der Waals surface area contributed by atoms with Crippen molar-refractivity contribution in [3.8, 4) is 0 Å². The lowest BCUT2D eigenvalue weighted by molar-refractivity contribution is -0.192. The van der Waals surface area contributed by atoms with Gasteiger partial charge in [-0.05, 0) is 37.0 Å². The van der Waals surface area contributed by atoms with Crippen LogP contribution in [0, 0.1) is 11.7 Å². The molecule has 2 N–H and O–H groups in total. The number of ether oxygens (including phenoxy) is 1. The lowest BCUT2D eigenvalue weighted by Gasteiger charge is -2.25. The van der Waals surface area contributed by atoms with Gasteiger partial charge in [0.1, 0.15) is 5.82 Å². The number of fused-ring (bicyclic) bond motifs is 2. The second kappa shape index (κ2) is 11.8. The number of imidazole rings is 1. The average Bonchev–Trinajstić information content (AvgIpc) is 3.61. The number of benzene rings is 1. The predicted octanol–water partition coefficient (Wildman–Crippen LogP) is 1.55. The number of aromatic nitrogens is 4. The third-order valence-electron chi connectivity index (χ3n) is 7.07. The fourth-order valence-electron chi connectivity index (χ4n) is 5.10. The Morgan fingerprint density at radius 2 is 1.85 bits per heavy atom. The summed E-state index contributed by atoms with van der Waals surface area (Å²) in [4.78, 5) is 42.5. The summed E-state index contributed by atoms with van der Waals surface area (Å²) in [5, 5.41) is 10.6. The summed E-state index contributed by atoms with van der Waals surface area (Å²) in [6.07, 6.45) is -4.03. The summed E-state index contributed by atoms with van der Waals surface area (Å²) in [5.74, 6) is -1.85. The van der Waals surface area contributed by atoms with E-state index in [1.165, 1.54) is 21.3 Å². The van der Waals surface area contributed by atoms with E-state index in [2.05, 4.69) is 10.2 Å². The summed E-state index contributed by atoms with van der Waals surface area (Å²) in [6, 6.07) is 6.55. The molecule has 2 atom stereocenters. The van der Waals surface area contributed by atoms with E-state index in [9.17, 15) is 27.2 Å². The fraction of sp³-hybridized carbons (Fsp3) is 0.520. The van der Waals surface area contributed by atoms with Gasteiger partial charge < -0.3 is 20.1 Å². The first-order valence-electron chi connectivity index (χ1n) is 12.7. The molecule has 3 aromatic rings. The van der Waals surface area contributed by atoms with Crippen LogP contribution in [-0.2, 0) is 29.7 Å². The van der Waals surface area contributed by atoms with E-state index in [4.69, 9.17) is 19.6 Å². The van der Waals surface area contributed by atoms with Gasteiger partial charge in [-0.15, -0.1) is 0 Å². The molecule has 0 spiro atoms. The van der Waals surface area contributed by atoms with Crippen molar-refractivity contribution in [3.63, 3.8) is 0 Å². The molecule has 0 amide bonds. The molecule has 2 saturated heterocycles. The molecule has 2 aliphatic rings. The van der Waals surface area contributed by atoms with E-state index in [0.717, 1.165) is 31.6 Å². The van der Waals surface area contributed by atoms with Crippen LogP contribution in [0.3, 0.4) is 0 Å². The Hall–Kier alpha value is -3.72. The van der Waals surface area contributed by atoms with Crippen molar-refractivity contribution < 1.29 is 32.2 Å². The van der Waals surface area contributed by atoms with Crippen LogP contribution in [0.25, 0.3) is 11.2 Å². The van der Waals surface area contributed by atoms with Crippen LogP contribution in [0.4, 0.5) is 23.5 Å². The molecule has 218 valence electrons. The number of aryl methyl sites for hydroxylation is 1. The van der Waals surface area contributed by atoms with Crippen molar-refractivity contribution in [1.82, 2.24) is 24.0 Å². The van der Waals surface area contributed by atoms with E-state index in [1.54, 1.807) is 19.2 Å². The Labute approximate surface area is 225 Å². The van der Waals surface area contributed by atoms with Gasteiger partial charge in [-0.3, -0.25) is 18.5 Å². The monoisotopic (exact) mass is 570 g/mol. The van der Waals surface area contributed by atoms with Gasteiger partial charge in [0, 0.05) is 39.3 Å². The Kier molecular flexibility index (Phi) is 8.63. The summed E-state index contributed by atoms with van der Waals surface area (Å²) in [6.45, 7) is 5.86. The van der Waals surface area contributed by atoms with Crippen molar-refractivity contribution in [3.05, 3.63) is 56.5 Å². The van der Waals surface area contributed by atoms with Crippen LogP contribution in [0.1, 0.15) is 18.9 Å². The number of aliphatic carboxylic acids is 1. The minimum absolute atomic E-state index is 0.171. The molecule has 15 heteroatoms. The topological polar surface area (TPSA) is 124 Å². The molecule has 0 radical (unpaired) electrons. The lowest BCUT2D eigenvalue weighted by atomic mass is 10.1. The second-order valence-corrected chi connectivity index (χ2v) is 9.56. The van der Waals surface area contributed by atoms with Gasteiger partial charge in [0.25, 0.3) is 5.56 Å². The molecular formula is C25H30F4N6O5. The van der Waals surface area contributed by atoms with Gasteiger partial charge in [-0.2, -0.15) is 18.2 Å². The quantitative estimate of drug-likeness (QED) is 0.324. The zero-order valence-corrected chi connectivity index (χ0v) is 21.9. The molecule has 5 rings (SSSR count). The highest BCUT2D eigenvalue weighted by Gasteiger charge is 2.40. The maximum atomic E-state index is 13.6. The standard InChI is InChI=1S/C23H29FN6O3.C2HF3O2/c1-3-33-11-10-29-21(31)19-20(27(2)23(29)32)26-22(28-9-8-16-12-25-13-18(16)28)30(19)14-15-4-6-17(24)7-5-15;3-2(4,5)1(6)7/h4-7,16,18,25H,3,8-14H2,1-2H3;(H,6,7). The van der Waals surface area contributed by atoms with Crippen molar-refractivity contribution in [2.75, 3.05) is 37.7 Å². The highest BCUT2D eigenvalue weighted by molar-refractivity contribution is 5.75. The van der Waals surface area contributed by atoms with Crippen molar-refractivity contribution in [2.45, 2.75) is 38.7 Å². The molecule has 2 aliphatic heterocycles. The molecular weight excluding hydrogens is 540 g/mol. The summed E-state index contributed by atoms with van der Waals surface area (Å²) < 4.78 is 55.2. The Morgan fingerprint density at radius 3 is 2.48 bits per heavy atom. The number of carboxylic acid groups (broad SMARTS) is 1. The molecule has 1 aromatic carbocycles. The zero-order valence-electron chi connectivity index (χ0n) is 21.9. The SMILES string of the molecule is CCOCCn1c(=O)c2c(nc(N3CCC4CNCC43)n2Cc2ccc(F)cc2)n(C)c1=O.O=C(O)C(F)(F)F. The molecule has 0 bridgehead atoms. The molecule has 2 fully saturated rings. The lowest BCUT2D eigenvalue weighted by Crippen LogP contribution is -2.40. The first-order valence-corrected chi connectivity index (χ1v) is 12.7. The molecule has 2 aromatic heterocycles. The number of nitrogens with zero attached hydrogens (tertiary/aromatic N) is 5. The molecule has 40 heavy (non-hydrogen) atoms. The molecule has 0 aliphatic carbocycles. The van der Waals surface area contributed by atoms with Gasteiger partial charge >= 0.3 is 17.8 Å². The summed E-state index contributed by atoms with van der Waals surface area (Å²) in [7, 11) is 1.64. The number of carbonyl (C=O) groups is 1. The summed E-state index contributed by atoms with van der Waals surface area (Å²) in [5.41, 5.74) is 0.804. The smallest absolute Gasteiger partial charge is 0.475 e. The minimum Gasteiger partial charge on any atom is -0.475 e. The van der Waals surface area contributed by atoms with E-state index in [0.29, 0.717) is 42.2 Å². The predicted molar refractivity (Wildman–Crippen MR) is 137 cm³/mol. The van der Waals surface area contributed by atoms with Gasteiger partial charge in [0.2, 0.25) is 5.95 Å². The first kappa shape index (κ1) is 29.3. The van der Waals surface area contributed by atoms with Crippen LogP contribution >= 0.6 is 0 Å². The van der Waals surface area contributed by atoms with Crippen molar-refractivity contribution >= 4 is 23.1 Å². The third kappa shape index (κ3) is 5.89. The van der Waals surface area contributed by atoms with Gasteiger partial charge in [0.05, 0.1) is 19.7 Å². The minimum atomic E-state index is -5.08. The molecule has 0 saturated carbocycles. The third-order valence-corrected chi connectivity index (χ3v) is 7.07. The second-order valence-electron chi connectivity index (χ2n) is 9.56. The van der Waals surface area contributed by atoms with E-state index < -0.39 is 17.8 Å². The van der Waals surface area contributed by atoms with Gasteiger partial charge in [-0.25, -0.2) is 14.0 Å². The Balaban J connectivity index is 0.000000470. The summed E-state index contributed by atoms with van der Waals surface area (Å²) >= 11 is 0.